The lowest BCUT2D eigenvalue weighted by molar-refractivity contribution is 0.102. The number of hydrogen-bond acceptors (Lipinski definition) is 2. The second-order valence-electron chi connectivity index (χ2n) is 4.45. The molecule has 1 aromatic rings. The van der Waals surface area contributed by atoms with Crippen LogP contribution in [0.3, 0.4) is 0 Å². The highest BCUT2D eigenvalue weighted by atomic mass is 35.5. The molecular formula is C13H14ClNO. The molecule has 1 N–H and O–H groups in total. The van der Waals surface area contributed by atoms with Crippen molar-refractivity contribution < 1.29 is 5.11 Å². The maximum atomic E-state index is 9.72. The lowest BCUT2D eigenvalue weighted by atomic mass is 9.69. The summed E-state index contributed by atoms with van der Waals surface area (Å²) in [5, 5.41) is 19.8. The van der Waals surface area contributed by atoms with Crippen LogP contribution in [0, 0.1) is 11.3 Å². The van der Waals surface area contributed by atoms with Gasteiger partial charge in [0.25, 0.3) is 0 Å². The van der Waals surface area contributed by atoms with Crippen LogP contribution in [0.15, 0.2) is 24.3 Å². The summed E-state index contributed by atoms with van der Waals surface area (Å²) in [5.74, 6) is 0. The van der Waals surface area contributed by atoms with Gasteiger partial charge in [-0.15, -0.1) is 0 Å². The van der Waals surface area contributed by atoms with Crippen LogP contribution in [0.2, 0.25) is 5.02 Å². The van der Waals surface area contributed by atoms with Crippen molar-refractivity contribution in [3.05, 3.63) is 34.9 Å². The summed E-state index contributed by atoms with van der Waals surface area (Å²) >= 11 is 5.95. The van der Waals surface area contributed by atoms with Crippen molar-refractivity contribution in [3.63, 3.8) is 0 Å². The second kappa shape index (κ2) is 4.45. The van der Waals surface area contributed by atoms with Crippen molar-refractivity contribution in [2.24, 2.45) is 0 Å². The fourth-order valence-corrected chi connectivity index (χ4v) is 2.65. The van der Waals surface area contributed by atoms with Crippen molar-refractivity contribution in [1.82, 2.24) is 0 Å². The van der Waals surface area contributed by atoms with Crippen LogP contribution >= 0.6 is 11.6 Å². The molecule has 0 spiro atoms. The molecule has 0 amide bonds. The Bertz CT molecular complexity index is 426. The van der Waals surface area contributed by atoms with Gasteiger partial charge in [-0.25, -0.2) is 0 Å². The van der Waals surface area contributed by atoms with Gasteiger partial charge in [-0.05, 0) is 43.4 Å². The highest BCUT2D eigenvalue weighted by molar-refractivity contribution is 6.30. The number of aliphatic hydroxyl groups is 1. The van der Waals surface area contributed by atoms with Gasteiger partial charge in [0.15, 0.2) is 0 Å². The minimum atomic E-state index is -0.553. The van der Waals surface area contributed by atoms with Crippen LogP contribution in [0.5, 0.6) is 0 Å². The Morgan fingerprint density at radius 3 is 2.94 bits per heavy atom. The molecule has 2 atom stereocenters. The van der Waals surface area contributed by atoms with E-state index in [4.69, 9.17) is 11.6 Å². The number of benzene rings is 1. The zero-order valence-electron chi connectivity index (χ0n) is 8.99. The maximum absolute atomic E-state index is 9.72. The lowest BCUT2D eigenvalue weighted by Gasteiger charge is -2.34. The van der Waals surface area contributed by atoms with Crippen LogP contribution in [0.1, 0.15) is 31.2 Å². The zero-order chi connectivity index (χ0) is 11.6. The molecule has 0 saturated heterocycles. The average molecular weight is 236 g/mol. The van der Waals surface area contributed by atoms with E-state index in [2.05, 4.69) is 6.07 Å². The van der Waals surface area contributed by atoms with E-state index in [9.17, 15) is 10.4 Å². The van der Waals surface area contributed by atoms with E-state index in [0.29, 0.717) is 11.4 Å². The Labute approximate surface area is 100 Å². The first kappa shape index (κ1) is 11.4. The number of halogens is 1. The topological polar surface area (TPSA) is 44.0 Å². The zero-order valence-corrected chi connectivity index (χ0v) is 9.74. The standard InChI is InChI=1S/C13H14ClNO/c14-11-4-1-3-10(7-11)13(9-15)6-2-5-12(16)8-13/h1,3-4,7,12,16H,2,5-6,8H2. The Morgan fingerprint density at radius 2 is 2.31 bits per heavy atom. The van der Waals surface area contributed by atoms with Gasteiger partial charge in [0.2, 0.25) is 0 Å². The molecule has 1 aromatic carbocycles. The van der Waals surface area contributed by atoms with Gasteiger partial charge in [-0.2, -0.15) is 5.26 Å². The largest absolute Gasteiger partial charge is 0.393 e. The maximum Gasteiger partial charge on any atom is 0.0847 e. The first-order valence-electron chi connectivity index (χ1n) is 5.52. The van der Waals surface area contributed by atoms with E-state index < -0.39 is 5.41 Å². The molecule has 84 valence electrons. The first-order valence-corrected chi connectivity index (χ1v) is 5.89. The molecule has 1 saturated carbocycles. The SMILES string of the molecule is N#CC1(c2cccc(Cl)c2)CCCC(O)C1. The van der Waals surface area contributed by atoms with Crippen molar-refractivity contribution >= 4 is 11.6 Å². The Morgan fingerprint density at radius 1 is 1.50 bits per heavy atom. The van der Waals surface area contributed by atoms with Gasteiger partial charge in [0, 0.05) is 5.02 Å². The van der Waals surface area contributed by atoms with Crippen molar-refractivity contribution in [3.8, 4) is 6.07 Å². The minimum absolute atomic E-state index is 0.368. The van der Waals surface area contributed by atoms with E-state index in [-0.39, 0.29) is 6.10 Å². The quantitative estimate of drug-likeness (QED) is 0.813. The molecule has 3 heteroatoms. The monoisotopic (exact) mass is 235 g/mol. The summed E-state index contributed by atoms with van der Waals surface area (Å²) in [7, 11) is 0. The summed E-state index contributed by atoms with van der Waals surface area (Å²) < 4.78 is 0. The number of nitriles is 1. The van der Waals surface area contributed by atoms with Crippen LogP contribution in [0.4, 0.5) is 0 Å². The van der Waals surface area contributed by atoms with Gasteiger partial charge in [-0.1, -0.05) is 23.7 Å². The minimum Gasteiger partial charge on any atom is -0.393 e. The molecule has 1 fully saturated rings. The summed E-state index contributed by atoms with van der Waals surface area (Å²) in [6, 6.07) is 9.79. The summed E-state index contributed by atoms with van der Waals surface area (Å²) in [6.07, 6.45) is 2.64. The predicted octanol–water partition coefficient (Wildman–Crippen LogP) is 3.04. The van der Waals surface area contributed by atoms with E-state index >= 15 is 0 Å². The average Bonchev–Trinajstić information content (AvgIpc) is 2.29. The molecular weight excluding hydrogens is 222 g/mol. The van der Waals surface area contributed by atoms with Crippen LogP contribution < -0.4 is 0 Å². The molecule has 1 aliphatic carbocycles. The molecule has 2 nitrogen and oxygen atoms in total. The Kier molecular flexibility index (Phi) is 3.18. The molecule has 0 aromatic heterocycles. The van der Waals surface area contributed by atoms with Gasteiger partial charge < -0.3 is 5.11 Å². The predicted molar refractivity (Wildman–Crippen MR) is 63.2 cm³/mol. The van der Waals surface area contributed by atoms with Crippen LogP contribution in [0.25, 0.3) is 0 Å². The number of rotatable bonds is 1. The third-order valence-corrected chi connectivity index (χ3v) is 3.55. The summed E-state index contributed by atoms with van der Waals surface area (Å²) in [4.78, 5) is 0. The molecule has 0 bridgehead atoms. The summed E-state index contributed by atoms with van der Waals surface area (Å²) in [5.41, 5.74) is 0.379. The smallest absolute Gasteiger partial charge is 0.0847 e. The van der Waals surface area contributed by atoms with Crippen molar-refractivity contribution in [1.29, 1.82) is 5.26 Å². The van der Waals surface area contributed by atoms with Gasteiger partial charge in [-0.3, -0.25) is 0 Å². The summed E-state index contributed by atoms with van der Waals surface area (Å²) in [6.45, 7) is 0. The molecule has 2 unspecified atom stereocenters. The van der Waals surface area contributed by atoms with Gasteiger partial charge >= 0.3 is 0 Å². The fraction of sp³-hybridized carbons (Fsp3) is 0.462. The Balaban J connectivity index is 2.38. The molecule has 2 rings (SSSR count). The van der Waals surface area contributed by atoms with E-state index in [1.165, 1.54) is 0 Å². The van der Waals surface area contributed by atoms with Crippen LogP contribution in [-0.2, 0) is 5.41 Å². The highest BCUT2D eigenvalue weighted by Crippen LogP contribution is 2.39. The van der Waals surface area contributed by atoms with Gasteiger partial charge in [0.1, 0.15) is 0 Å². The third-order valence-electron chi connectivity index (χ3n) is 3.32. The Hall–Kier alpha value is -1.04. The van der Waals surface area contributed by atoms with E-state index in [1.54, 1.807) is 6.07 Å². The third kappa shape index (κ3) is 2.07. The second-order valence-corrected chi connectivity index (χ2v) is 4.89. The van der Waals surface area contributed by atoms with Crippen LogP contribution in [-0.4, -0.2) is 11.2 Å². The van der Waals surface area contributed by atoms with E-state index in [0.717, 1.165) is 24.8 Å². The number of nitrogens with zero attached hydrogens (tertiary/aromatic N) is 1. The first-order chi connectivity index (χ1) is 7.66. The normalized spacial score (nSPS) is 29.7. The fourth-order valence-electron chi connectivity index (χ4n) is 2.46. The molecule has 0 heterocycles. The number of aliphatic hydroxyl groups excluding tert-OH is 1. The molecule has 16 heavy (non-hydrogen) atoms. The lowest BCUT2D eigenvalue weighted by Crippen LogP contribution is -2.33. The molecule has 0 aliphatic heterocycles. The number of hydrogen-bond donors (Lipinski definition) is 1. The van der Waals surface area contributed by atoms with E-state index in [1.807, 2.05) is 18.2 Å². The van der Waals surface area contributed by atoms with Crippen molar-refractivity contribution in [2.45, 2.75) is 37.2 Å². The van der Waals surface area contributed by atoms with Gasteiger partial charge in [0.05, 0.1) is 17.6 Å². The molecule has 1 aliphatic rings. The molecule has 0 radical (unpaired) electrons. The highest BCUT2D eigenvalue weighted by Gasteiger charge is 2.37. The van der Waals surface area contributed by atoms with Crippen molar-refractivity contribution in [2.75, 3.05) is 0 Å².